The van der Waals surface area contributed by atoms with E-state index >= 15 is 0 Å². The molecule has 0 radical (unpaired) electrons. The van der Waals surface area contributed by atoms with Crippen molar-refractivity contribution < 1.29 is 14.3 Å². The Morgan fingerprint density at radius 3 is 2.80 bits per heavy atom. The summed E-state index contributed by atoms with van der Waals surface area (Å²) in [6.45, 7) is 4.71. The van der Waals surface area contributed by atoms with Crippen molar-refractivity contribution in [3.05, 3.63) is 42.0 Å². The summed E-state index contributed by atoms with van der Waals surface area (Å²) in [7, 11) is 0. The van der Waals surface area contributed by atoms with Crippen LogP contribution in [0, 0.1) is 0 Å². The minimum absolute atomic E-state index is 0.00289. The molecule has 3 aliphatic heterocycles. The number of carbonyl (C=O) groups excluding carboxylic acids is 2. The second-order valence-corrected chi connectivity index (χ2v) is 9.39. The first-order chi connectivity index (χ1) is 14.5. The largest absolute Gasteiger partial charge is 0.368 e. The van der Waals surface area contributed by atoms with Crippen LogP contribution in [0.3, 0.4) is 0 Å². The van der Waals surface area contributed by atoms with Crippen molar-refractivity contribution in [2.45, 2.75) is 50.2 Å². The molecule has 2 atom stereocenters. The average molecular weight is 423 g/mol. The van der Waals surface area contributed by atoms with Gasteiger partial charge in [-0.1, -0.05) is 24.3 Å². The van der Waals surface area contributed by atoms with E-state index in [9.17, 15) is 9.59 Å². The Bertz CT molecular complexity index is 1020. The zero-order valence-electron chi connectivity index (χ0n) is 17.4. The first-order valence-electron chi connectivity index (χ1n) is 10.7. The van der Waals surface area contributed by atoms with Gasteiger partial charge in [0.1, 0.15) is 6.10 Å². The molecule has 30 heavy (non-hydrogen) atoms. The quantitative estimate of drug-likeness (QED) is 0.725. The summed E-state index contributed by atoms with van der Waals surface area (Å²) in [6, 6.07) is 12.5. The van der Waals surface area contributed by atoms with Crippen LogP contribution in [-0.2, 0) is 20.7 Å². The van der Waals surface area contributed by atoms with Gasteiger partial charge in [0.05, 0.1) is 17.4 Å². The van der Waals surface area contributed by atoms with Gasteiger partial charge < -0.3 is 14.5 Å². The molecule has 6 heteroatoms. The zero-order valence-corrected chi connectivity index (χ0v) is 18.2. The first-order valence-corrected chi connectivity index (χ1v) is 11.6. The van der Waals surface area contributed by atoms with Gasteiger partial charge >= 0.3 is 0 Å². The SMILES string of the molecule is CC(=O)N1c2ccc(-c3cccc4c3SCC4)cc2N(C(=O)C2CCCO2)CC1C. The number of thioether (sulfide) groups is 1. The smallest absolute Gasteiger partial charge is 0.256 e. The predicted molar refractivity (Wildman–Crippen MR) is 120 cm³/mol. The van der Waals surface area contributed by atoms with E-state index in [2.05, 4.69) is 30.3 Å². The molecule has 0 spiro atoms. The van der Waals surface area contributed by atoms with Crippen molar-refractivity contribution in [1.82, 2.24) is 0 Å². The Kier molecular flexibility index (Phi) is 5.07. The highest BCUT2D eigenvalue weighted by Crippen LogP contribution is 2.44. The number of anilines is 2. The lowest BCUT2D eigenvalue weighted by Crippen LogP contribution is -2.53. The molecule has 3 heterocycles. The molecule has 0 N–H and O–H groups in total. The molecule has 2 unspecified atom stereocenters. The highest BCUT2D eigenvalue weighted by molar-refractivity contribution is 7.99. The van der Waals surface area contributed by atoms with E-state index in [0.29, 0.717) is 13.2 Å². The van der Waals surface area contributed by atoms with Crippen molar-refractivity contribution in [2.24, 2.45) is 0 Å². The fourth-order valence-corrected chi connectivity index (χ4v) is 6.09. The summed E-state index contributed by atoms with van der Waals surface area (Å²) in [5.41, 5.74) is 5.29. The van der Waals surface area contributed by atoms with Gasteiger partial charge in [-0.15, -0.1) is 11.8 Å². The van der Waals surface area contributed by atoms with Gasteiger partial charge in [0, 0.05) is 30.7 Å². The number of nitrogens with zero attached hydrogens (tertiary/aromatic N) is 2. The maximum atomic E-state index is 13.3. The van der Waals surface area contributed by atoms with Gasteiger partial charge in [-0.3, -0.25) is 9.59 Å². The van der Waals surface area contributed by atoms with Crippen LogP contribution in [0.5, 0.6) is 0 Å². The van der Waals surface area contributed by atoms with E-state index in [-0.39, 0.29) is 24.0 Å². The minimum Gasteiger partial charge on any atom is -0.368 e. The molecule has 156 valence electrons. The highest BCUT2D eigenvalue weighted by Gasteiger charge is 2.37. The second-order valence-electron chi connectivity index (χ2n) is 8.28. The van der Waals surface area contributed by atoms with Crippen LogP contribution in [0.2, 0.25) is 0 Å². The second kappa shape index (κ2) is 7.75. The number of aryl methyl sites for hydroxylation is 1. The van der Waals surface area contributed by atoms with Gasteiger partial charge in [0.25, 0.3) is 5.91 Å². The normalized spacial score (nSPS) is 22.7. The lowest BCUT2D eigenvalue weighted by Gasteiger charge is -2.41. The van der Waals surface area contributed by atoms with Gasteiger partial charge in [-0.25, -0.2) is 0 Å². The molecule has 2 aromatic rings. The van der Waals surface area contributed by atoms with Crippen molar-refractivity contribution >= 4 is 35.0 Å². The van der Waals surface area contributed by atoms with Crippen molar-refractivity contribution in [3.8, 4) is 11.1 Å². The summed E-state index contributed by atoms with van der Waals surface area (Å²) in [6.07, 6.45) is 2.39. The third-order valence-corrected chi connectivity index (χ3v) is 7.43. The molecule has 1 saturated heterocycles. The number of carbonyl (C=O) groups is 2. The van der Waals surface area contributed by atoms with Crippen molar-refractivity contribution in [2.75, 3.05) is 28.7 Å². The molecule has 0 bridgehead atoms. The number of hydrogen-bond donors (Lipinski definition) is 0. The Balaban J connectivity index is 1.62. The number of ether oxygens (including phenoxy) is 1. The van der Waals surface area contributed by atoms with E-state index in [1.54, 1.807) is 6.92 Å². The highest BCUT2D eigenvalue weighted by atomic mass is 32.2. The Morgan fingerprint density at radius 2 is 2.03 bits per heavy atom. The van der Waals surface area contributed by atoms with Crippen LogP contribution in [-0.4, -0.2) is 42.9 Å². The maximum Gasteiger partial charge on any atom is 0.256 e. The van der Waals surface area contributed by atoms with Gasteiger partial charge in [0.2, 0.25) is 5.91 Å². The molecule has 2 amide bonds. The summed E-state index contributed by atoms with van der Waals surface area (Å²) < 4.78 is 5.69. The molecular weight excluding hydrogens is 396 g/mol. The topological polar surface area (TPSA) is 49.9 Å². The number of fused-ring (bicyclic) bond motifs is 2. The molecule has 5 nitrogen and oxygen atoms in total. The zero-order chi connectivity index (χ0) is 20.8. The predicted octanol–water partition coefficient (Wildman–Crippen LogP) is 4.27. The van der Waals surface area contributed by atoms with E-state index in [1.807, 2.05) is 34.6 Å². The van der Waals surface area contributed by atoms with Gasteiger partial charge in [-0.2, -0.15) is 0 Å². The van der Waals surface area contributed by atoms with Crippen LogP contribution in [0.1, 0.15) is 32.3 Å². The summed E-state index contributed by atoms with van der Waals surface area (Å²) in [5, 5.41) is 0. The number of amides is 2. The number of hydrogen-bond acceptors (Lipinski definition) is 4. The monoisotopic (exact) mass is 422 g/mol. The lowest BCUT2D eigenvalue weighted by atomic mass is 9.98. The first kappa shape index (κ1) is 19.6. The summed E-state index contributed by atoms with van der Waals surface area (Å²) >= 11 is 1.89. The molecule has 3 aliphatic rings. The third-order valence-electron chi connectivity index (χ3n) is 6.25. The van der Waals surface area contributed by atoms with Crippen LogP contribution in [0.15, 0.2) is 41.3 Å². The fraction of sp³-hybridized carbons (Fsp3) is 0.417. The van der Waals surface area contributed by atoms with Crippen LogP contribution >= 0.6 is 11.8 Å². The van der Waals surface area contributed by atoms with Crippen molar-refractivity contribution in [3.63, 3.8) is 0 Å². The maximum absolute atomic E-state index is 13.3. The van der Waals surface area contributed by atoms with Crippen molar-refractivity contribution in [1.29, 1.82) is 0 Å². The minimum atomic E-state index is -0.380. The molecule has 0 aromatic heterocycles. The standard InChI is InChI=1S/C24H26N2O3S/c1-15-14-25(24(28)22-7-4-11-29-22)21-13-18(8-9-20(21)26(15)16(2)27)19-6-3-5-17-10-12-30-23(17)19/h3,5-6,8-9,13,15,22H,4,7,10-12,14H2,1-2H3. The summed E-state index contributed by atoms with van der Waals surface area (Å²) in [4.78, 5) is 30.7. The Labute approximate surface area is 181 Å². The molecular formula is C24H26N2O3S. The van der Waals surface area contributed by atoms with Gasteiger partial charge in [-0.05, 0) is 55.0 Å². The number of rotatable bonds is 2. The average Bonchev–Trinajstić information content (AvgIpc) is 3.43. The fourth-order valence-electron chi connectivity index (χ4n) is 4.87. The Morgan fingerprint density at radius 1 is 1.17 bits per heavy atom. The lowest BCUT2D eigenvalue weighted by molar-refractivity contribution is -0.127. The van der Waals surface area contributed by atoms with Crippen LogP contribution in [0.4, 0.5) is 11.4 Å². The van der Waals surface area contributed by atoms with E-state index in [0.717, 1.165) is 42.0 Å². The van der Waals surface area contributed by atoms with E-state index in [1.165, 1.54) is 16.0 Å². The molecule has 0 aliphatic carbocycles. The molecule has 1 fully saturated rings. The van der Waals surface area contributed by atoms with E-state index in [4.69, 9.17) is 4.74 Å². The summed E-state index contributed by atoms with van der Waals surface area (Å²) in [5.74, 6) is 1.11. The number of benzene rings is 2. The molecule has 5 rings (SSSR count). The van der Waals surface area contributed by atoms with Crippen LogP contribution in [0.25, 0.3) is 11.1 Å². The molecule has 2 aromatic carbocycles. The van der Waals surface area contributed by atoms with Gasteiger partial charge in [0.15, 0.2) is 0 Å². The molecule has 0 saturated carbocycles. The third kappa shape index (κ3) is 3.22. The Hall–Kier alpha value is -2.31. The van der Waals surface area contributed by atoms with Crippen LogP contribution < -0.4 is 9.80 Å². The van der Waals surface area contributed by atoms with E-state index < -0.39 is 0 Å².